The fraction of sp³-hybridized carbons (Fsp3) is 0.933. The van der Waals surface area contributed by atoms with Crippen LogP contribution in [0.5, 0.6) is 0 Å². The van der Waals surface area contributed by atoms with Crippen LogP contribution in [0.3, 0.4) is 0 Å². The van der Waals surface area contributed by atoms with Gasteiger partial charge in [-0.25, -0.2) is 0 Å². The fourth-order valence-corrected chi connectivity index (χ4v) is 10.5. The van der Waals surface area contributed by atoms with E-state index in [9.17, 15) is 10.2 Å². The number of aliphatic hydroxyl groups excluding tert-OH is 2. The van der Waals surface area contributed by atoms with Gasteiger partial charge in [0.2, 0.25) is 0 Å². The molecule has 0 aromatic rings. The highest BCUT2D eigenvalue weighted by molar-refractivity contribution is 5.15. The molecule has 0 aromatic heterocycles. The zero-order valence-corrected chi connectivity index (χ0v) is 22.3. The molecule has 0 spiro atoms. The van der Waals surface area contributed by atoms with Crippen LogP contribution >= 0.6 is 0 Å². The lowest BCUT2D eigenvalue weighted by molar-refractivity contribution is -0.216. The summed E-state index contributed by atoms with van der Waals surface area (Å²) < 4.78 is 0. The van der Waals surface area contributed by atoms with Gasteiger partial charge in [-0.05, 0) is 123 Å². The molecule has 4 aliphatic carbocycles. The third-order valence-corrected chi connectivity index (χ3v) is 11.7. The normalized spacial score (nSPS) is 50.9. The molecule has 2 heteroatoms. The van der Waals surface area contributed by atoms with E-state index in [1.54, 1.807) is 0 Å². The van der Waals surface area contributed by atoms with E-state index in [0.717, 1.165) is 25.7 Å². The molecule has 0 aliphatic heterocycles. The summed E-state index contributed by atoms with van der Waals surface area (Å²) in [4.78, 5) is 0. The van der Waals surface area contributed by atoms with Gasteiger partial charge in [0.15, 0.2) is 0 Å². The molecule has 4 fully saturated rings. The summed E-state index contributed by atoms with van der Waals surface area (Å²) in [5.74, 6) is 3.99. The van der Waals surface area contributed by atoms with Crippen molar-refractivity contribution in [1.29, 1.82) is 0 Å². The third kappa shape index (κ3) is 3.74. The van der Waals surface area contributed by atoms with Crippen molar-refractivity contribution < 1.29 is 10.2 Å². The van der Waals surface area contributed by atoms with E-state index in [2.05, 4.69) is 61.5 Å². The summed E-state index contributed by atoms with van der Waals surface area (Å²) in [5, 5.41) is 22.4. The van der Waals surface area contributed by atoms with Gasteiger partial charge in [-0.2, -0.15) is 0 Å². The van der Waals surface area contributed by atoms with Crippen LogP contribution in [0.1, 0.15) is 107 Å². The number of aliphatic hydroxyl groups is 2. The molecule has 11 unspecified atom stereocenters. The minimum Gasteiger partial charge on any atom is -0.393 e. The molecular weight excluding hydrogens is 392 g/mol. The molecule has 0 bridgehead atoms. The quantitative estimate of drug-likeness (QED) is 0.449. The van der Waals surface area contributed by atoms with E-state index in [0.29, 0.717) is 46.8 Å². The van der Waals surface area contributed by atoms with Crippen LogP contribution in [-0.4, -0.2) is 22.4 Å². The van der Waals surface area contributed by atoms with E-state index in [1.165, 1.54) is 31.3 Å². The van der Waals surface area contributed by atoms with Gasteiger partial charge in [0, 0.05) is 0 Å². The van der Waals surface area contributed by atoms with Crippen molar-refractivity contribution >= 4 is 0 Å². The van der Waals surface area contributed by atoms with Gasteiger partial charge in [0.25, 0.3) is 0 Å². The van der Waals surface area contributed by atoms with Crippen molar-refractivity contribution in [3.63, 3.8) is 0 Å². The molecule has 32 heavy (non-hydrogen) atoms. The molecule has 0 saturated heterocycles. The Kier molecular flexibility index (Phi) is 6.50. The summed E-state index contributed by atoms with van der Waals surface area (Å²) in [6, 6.07) is 0. The molecule has 4 saturated carbocycles. The number of allylic oxidation sites excluding steroid dienone is 2. The summed E-state index contributed by atoms with van der Waals surface area (Å²) in [5.41, 5.74) is 2.30. The number of rotatable bonds is 4. The Morgan fingerprint density at radius 2 is 1.69 bits per heavy atom. The van der Waals surface area contributed by atoms with E-state index in [4.69, 9.17) is 0 Å². The minimum absolute atomic E-state index is 0.140. The molecular formula is C30H52O2. The first-order valence-corrected chi connectivity index (χ1v) is 13.8. The average molecular weight is 445 g/mol. The Hall–Kier alpha value is -0.340. The second-order valence-electron chi connectivity index (χ2n) is 14.2. The van der Waals surface area contributed by atoms with E-state index in [-0.39, 0.29) is 23.0 Å². The van der Waals surface area contributed by atoms with E-state index >= 15 is 0 Å². The Bertz CT molecular complexity index is 720. The van der Waals surface area contributed by atoms with Crippen molar-refractivity contribution in [2.45, 2.75) is 119 Å². The molecule has 0 heterocycles. The predicted octanol–water partition coefficient (Wildman–Crippen LogP) is 7.24. The molecule has 11 atom stereocenters. The third-order valence-electron chi connectivity index (χ3n) is 11.7. The van der Waals surface area contributed by atoms with Gasteiger partial charge in [0.1, 0.15) is 0 Å². The van der Waals surface area contributed by atoms with Gasteiger partial charge in [-0.15, -0.1) is 0 Å². The van der Waals surface area contributed by atoms with Crippen LogP contribution < -0.4 is 0 Å². The zero-order valence-electron chi connectivity index (χ0n) is 22.3. The molecule has 0 radical (unpaired) electrons. The smallest absolute Gasteiger partial charge is 0.0577 e. The Balaban J connectivity index is 1.62. The lowest BCUT2D eigenvalue weighted by Crippen LogP contribution is -2.63. The van der Waals surface area contributed by atoms with E-state index < -0.39 is 0 Å². The predicted molar refractivity (Wildman–Crippen MR) is 134 cm³/mol. The standard InChI is InChI=1S/C30H52O2/c1-18(2)10-9-14-28(5,6)21-11-12-22-26(21)24(32)16-25-29(7)15-13-23(31)20(4)27(29)19(3)17-30(22,25)8/h10,19-27,31-32H,9,11-17H2,1-8H3. The van der Waals surface area contributed by atoms with Crippen LogP contribution in [0.4, 0.5) is 0 Å². The van der Waals surface area contributed by atoms with Crippen molar-refractivity contribution in [3.05, 3.63) is 11.6 Å². The molecule has 4 aliphatic rings. The second kappa shape index (κ2) is 8.40. The van der Waals surface area contributed by atoms with Gasteiger partial charge >= 0.3 is 0 Å². The van der Waals surface area contributed by atoms with Crippen molar-refractivity contribution in [3.8, 4) is 0 Å². The highest BCUT2D eigenvalue weighted by atomic mass is 16.3. The highest BCUT2D eigenvalue weighted by Crippen LogP contribution is 2.71. The number of hydrogen-bond acceptors (Lipinski definition) is 2. The van der Waals surface area contributed by atoms with Gasteiger partial charge in [0.05, 0.1) is 12.2 Å². The van der Waals surface area contributed by atoms with Crippen LogP contribution in [0.15, 0.2) is 11.6 Å². The molecule has 0 aromatic carbocycles. The largest absolute Gasteiger partial charge is 0.393 e. The van der Waals surface area contributed by atoms with Crippen LogP contribution in [-0.2, 0) is 0 Å². The summed E-state index contributed by atoms with van der Waals surface area (Å²) in [6.07, 6.45) is 11.4. The van der Waals surface area contributed by atoms with Crippen LogP contribution in [0.25, 0.3) is 0 Å². The Morgan fingerprint density at radius 1 is 1.00 bits per heavy atom. The monoisotopic (exact) mass is 444 g/mol. The lowest BCUT2D eigenvalue weighted by atomic mass is 9.38. The minimum atomic E-state index is -0.152. The molecule has 4 rings (SSSR count). The zero-order chi connectivity index (χ0) is 23.6. The number of hydrogen-bond donors (Lipinski definition) is 2. The van der Waals surface area contributed by atoms with Gasteiger partial charge < -0.3 is 10.2 Å². The van der Waals surface area contributed by atoms with Crippen LogP contribution in [0.2, 0.25) is 0 Å². The van der Waals surface area contributed by atoms with Crippen molar-refractivity contribution in [1.82, 2.24) is 0 Å². The Labute approximate surface area is 198 Å². The number of fused-ring (bicyclic) bond motifs is 5. The fourth-order valence-electron chi connectivity index (χ4n) is 10.5. The van der Waals surface area contributed by atoms with Crippen LogP contribution in [0, 0.1) is 57.7 Å². The first-order valence-electron chi connectivity index (χ1n) is 13.8. The summed E-state index contributed by atoms with van der Waals surface area (Å²) >= 11 is 0. The topological polar surface area (TPSA) is 40.5 Å². The summed E-state index contributed by atoms with van der Waals surface area (Å²) in [7, 11) is 0. The highest BCUT2D eigenvalue weighted by Gasteiger charge is 2.66. The first-order chi connectivity index (χ1) is 14.8. The van der Waals surface area contributed by atoms with Crippen molar-refractivity contribution in [2.75, 3.05) is 0 Å². The maximum atomic E-state index is 11.7. The summed E-state index contributed by atoms with van der Waals surface area (Å²) in [6.45, 7) is 19.3. The maximum Gasteiger partial charge on any atom is 0.0577 e. The Morgan fingerprint density at radius 3 is 2.34 bits per heavy atom. The SMILES string of the molecule is CC(C)=CCCC(C)(C)C1CCC2C1C(O)CC1C2(C)CC(C)C2C(C)C(O)CCC21C. The molecule has 184 valence electrons. The first kappa shape index (κ1) is 24.8. The van der Waals surface area contributed by atoms with Crippen molar-refractivity contribution in [2.24, 2.45) is 57.7 Å². The lowest BCUT2D eigenvalue weighted by Gasteiger charge is -2.67. The van der Waals surface area contributed by atoms with E-state index in [1.807, 2.05) is 0 Å². The van der Waals surface area contributed by atoms with Gasteiger partial charge in [-0.3, -0.25) is 0 Å². The maximum absolute atomic E-state index is 11.7. The molecule has 2 N–H and O–H groups in total. The average Bonchev–Trinajstić information content (AvgIpc) is 3.15. The van der Waals surface area contributed by atoms with Gasteiger partial charge in [-0.1, -0.05) is 53.2 Å². The second-order valence-corrected chi connectivity index (χ2v) is 14.2. The molecule has 0 amide bonds. The molecule has 2 nitrogen and oxygen atoms in total.